The molecule has 0 unspecified atom stereocenters. The van der Waals surface area contributed by atoms with Crippen molar-refractivity contribution in [1.29, 1.82) is 0 Å². The summed E-state index contributed by atoms with van der Waals surface area (Å²) >= 11 is 0. The highest BCUT2D eigenvalue weighted by atomic mass is 16.5. The number of nitrogens with zero attached hydrogens (tertiary/aromatic N) is 4. The van der Waals surface area contributed by atoms with Gasteiger partial charge in [-0.25, -0.2) is 14.8 Å². The number of fused-ring (bicyclic) bond motifs is 2. The van der Waals surface area contributed by atoms with Crippen molar-refractivity contribution in [3.8, 4) is 5.75 Å². The Labute approximate surface area is 204 Å². The van der Waals surface area contributed by atoms with Crippen LogP contribution in [0.15, 0.2) is 30.7 Å². The lowest BCUT2D eigenvalue weighted by Gasteiger charge is -2.22. The van der Waals surface area contributed by atoms with Gasteiger partial charge in [0.25, 0.3) is 5.91 Å². The van der Waals surface area contributed by atoms with Gasteiger partial charge in [-0.2, -0.15) is 0 Å². The Kier molecular flexibility index (Phi) is 7.35. The van der Waals surface area contributed by atoms with Crippen molar-refractivity contribution in [3.63, 3.8) is 0 Å². The first-order valence-corrected chi connectivity index (χ1v) is 11.6. The van der Waals surface area contributed by atoms with E-state index in [1.165, 1.54) is 6.33 Å². The summed E-state index contributed by atoms with van der Waals surface area (Å²) in [6, 6.07) is 4.93. The number of anilines is 3. The van der Waals surface area contributed by atoms with Gasteiger partial charge in [0.2, 0.25) is 0 Å². The van der Waals surface area contributed by atoms with Gasteiger partial charge in [-0.3, -0.25) is 4.79 Å². The highest BCUT2D eigenvalue weighted by molar-refractivity contribution is 5.94. The van der Waals surface area contributed by atoms with E-state index in [0.29, 0.717) is 36.0 Å². The van der Waals surface area contributed by atoms with Crippen LogP contribution in [-0.2, 0) is 11.3 Å². The molecule has 4 N–H and O–H groups in total. The van der Waals surface area contributed by atoms with Gasteiger partial charge in [0, 0.05) is 44.1 Å². The first-order valence-electron chi connectivity index (χ1n) is 11.6. The van der Waals surface area contributed by atoms with E-state index in [2.05, 4.69) is 42.8 Å². The first-order chi connectivity index (χ1) is 16.8. The van der Waals surface area contributed by atoms with E-state index in [4.69, 9.17) is 4.74 Å². The van der Waals surface area contributed by atoms with Crippen LogP contribution in [0.4, 0.5) is 22.0 Å². The molecule has 11 nitrogen and oxygen atoms in total. The normalized spacial score (nSPS) is 15.6. The molecular formula is C24H32N8O3. The third-order valence-electron chi connectivity index (χ3n) is 5.71. The number of ether oxygens (including phenoxy) is 1. The molecule has 0 aliphatic carbocycles. The van der Waals surface area contributed by atoms with Gasteiger partial charge in [0.15, 0.2) is 6.61 Å². The van der Waals surface area contributed by atoms with Crippen LogP contribution in [-0.4, -0.2) is 76.5 Å². The number of nitrogens with one attached hydrogen (secondary N) is 4. The minimum Gasteiger partial charge on any atom is -0.482 e. The maximum atomic E-state index is 12.7. The topological polar surface area (TPSA) is 128 Å². The molecule has 1 aliphatic heterocycles. The number of aromatic amines is 1. The number of amides is 3. The Morgan fingerprint density at radius 2 is 2.03 bits per heavy atom. The van der Waals surface area contributed by atoms with Crippen molar-refractivity contribution < 1.29 is 14.3 Å². The molecule has 3 aromatic rings. The molecule has 1 aromatic carbocycles. The van der Waals surface area contributed by atoms with E-state index < -0.39 is 0 Å². The molecule has 186 valence electrons. The van der Waals surface area contributed by atoms with Gasteiger partial charge >= 0.3 is 6.03 Å². The van der Waals surface area contributed by atoms with Crippen molar-refractivity contribution in [2.24, 2.45) is 0 Å². The predicted octanol–water partition coefficient (Wildman–Crippen LogP) is 2.90. The third kappa shape index (κ3) is 5.99. The second kappa shape index (κ2) is 10.6. The largest absolute Gasteiger partial charge is 0.482 e. The number of hydrogen-bond donors (Lipinski definition) is 4. The molecule has 0 saturated carbocycles. The second-order valence-corrected chi connectivity index (χ2v) is 9.04. The van der Waals surface area contributed by atoms with Crippen LogP contribution in [0, 0.1) is 0 Å². The van der Waals surface area contributed by atoms with E-state index in [1.54, 1.807) is 24.1 Å². The number of carbonyl (C=O) groups is 2. The molecule has 3 heterocycles. The fourth-order valence-electron chi connectivity index (χ4n) is 3.95. The van der Waals surface area contributed by atoms with Gasteiger partial charge in [-0.15, -0.1) is 0 Å². The van der Waals surface area contributed by atoms with Crippen LogP contribution in [0.1, 0.15) is 25.8 Å². The fraction of sp³-hybridized carbons (Fsp3) is 0.417. The summed E-state index contributed by atoms with van der Waals surface area (Å²) < 4.78 is 5.89. The Bertz CT molecular complexity index is 1210. The van der Waals surface area contributed by atoms with Crippen molar-refractivity contribution in [2.75, 3.05) is 44.4 Å². The van der Waals surface area contributed by atoms with Crippen LogP contribution in [0.3, 0.4) is 0 Å². The average Bonchev–Trinajstić information content (AvgIpc) is 3.21. The molecule has 4 rings (SSSR count). The van der Waals surface area contributed by atoms with Gasteiger partial charge in [0.05, 0.1) is 11.1 Å². The van der Waals surface area contributed by atoms with Crippen LogP contribution in [0.5, 0.6) is 5.75 Å². The zero-order valence-corrected chi connectivity index (χ0v) is 20.5. The zero-order chi connectivity index (χ0) is 24.9. The number of hydrogen-bond acceptors (Lipinski definition) is 7. The predicted molar refractivity (Wildman–Crippen MR) is 135 cm³/mol. The van der Waals surface area contributed by atoms with Crippen molar-refractivity contribution in [3.05, 3.63) is 36.3 Å². The lowest BCUT2D eigenvalue weighted by atomic mass is 10.2. The number of aromatic nitrogens is 3. The Hall–Kier alpha value is -3.86. The molecule has 0 fully saturated rings. The van der Waals surface area contributed by atoms with Crippen LogP contribution in [0.25, 0.3) is 11.0 Å². The highest BCUT2D eigenvalue weighted by Crippen LogP contribution is 2.32. The summed E-state index contributed by atoms with van der Waals surface area (Å²) in [6.45, 7) is 5.75. The van der Waals surface area contributed by atoms with Gasteiger partial charge in [0.1, 0.15) is 23.5 Å². The summed E-state index contributed by atoms with van der Waals surface area (Å²) in [5, 5.41) is 9.86. The summed E-state index contributed by atoms with van der Waals surface area (Å²) in [6.07, 6.45) is 4.28. The number of likely N-dealkylation sites (N-methyl/N-ethyl adjacent to an activating group) is 1. The quantitative estimate of drug-likeness (QED) is 0.444. The molecule has 2 bridgehead atoms. The van der Waals surface area contributed by atoms with Gasteiger partial charge < -0.3 is 35.5 Å². The van der Waals surface area contributed by atoms with Crippen LogP contribution >= 0.6 is 0 Å². The summed E-state index contributed by atoms with van der Waals surface area (Å²) in [4.78, 5) is 40.9. The standard InChI is InChI=1S/C24H32N8O3/c1-15(2)28-24(34)30-18-7-6-17-10-19(18)35-13-20(33)32(4)9-5-8-31(3)12-16-11-25-22-21(16)23(29-17)27-14-26-22/h6-7,10-11,14-15H,5,8-9,12-13H2,1-4H3,(H2,28,30,34)(H2,25,26,27,29). The molecule has 2 aromatic heterocycles. The summed E-state index contributed by atoms with van der Waals surface area (Å²) in [5.41, 5.74) is 2.98. The number of urea groups is 1. The molecule has 35 heavy (non-hydrogen) atoms. The molecule has 0 spiro atoms. The average molecular weight is 481 g/mol. The smallest absolute Gasteiger partial charge is 0.319 e. The Morgan fingerprint density at radius 1 is 1.20 bits per heavy atom. The summed E-state index contributed by atoms with van der Waals surface area (Å²) in [7, 11) is 3.82. The monoisotopic (exact) mass is 480 g/mol. The molecule has 0 radical (unpaired) electrons. The van der Waals surface area contributed by atoms with E-state index in [1.807, 2.05) is 26.1 Å². The van der Waals surface area contributed by atoms with Crippen molar-refractivity contribution in [2.45, 2.75) is 32.9 Å². The zero-order valence-electron chi connectivity index (χ0n) is 20.5. The van der Waals surface area contributed by atoms with E-state index in [9.17, 15) is 9.59 Å². The third-order valence-corrected chi connectivity index (χ3v) is 5.71. The molecular weight excluding hydrogens is 448 g/mol. The number of rotatable bonds is 2. The van der Waals surface area contributed by atoms with E-state index >= 15 is 0 Å². The van der Waals surface area contributed by atoms with E-state index in [-0.39, 0.29) is 24.6 Å². The summed E-state index contributed by atoms with van der Waals surface area (Å²) in [5.74, 6) is 0.898. The fourth-order valence-corrected chi connectivity index (χ4v) is 3.95. The lowest BCUT2D eigenvalue weighted by Crippen LogP contribution is -2.35. The SMILES string of the molecule is CC(C)NC(=O)Nc1ccc2cc1OCC(=O)N(C)CCCN(C)Cc1c[nH]c3ncnc(c13)N2. The van der Waals surface area contributed by atoms with Gasteiger partial charge in [-0.1, -0.05) is 0 Å². The van der Waals surface area contributed by atoms with Crippen molar-refractivity contribution in [1.82, 2.24) is 30.1 Å². The molecule has 11 heteroatoms. The highest BCUT2D eigenvalue weighted by Gasteiger charge is 2.17. The number of carbonyl (C=O) groups excluding carboxylic acids is 2. The number of benzene rings is 1. The Morgan fingerprint density at radius 3 is 2.83 bits per heavy atom. The maximum absolute atomic E-state index is 12.7. The van der Waals surface area contributed by atoms with E-state index in [0.717, 1.165) is 29.6 Å². The lowest BCUT2D eigenvalue weighted by molar-refractivity contribution is -0.132. The second-order valence-electron chi connectivity index (χ2n) is 9.04. The van der Waals surface area contributed by atoms with Gasteiger partial charge in [-0.05, 0) is 51.6 Å². The Balaban J connectivity index is 1.71. The molecule has 0 saturated heterocycles. The maximum Gasteiger partial charge on any atom is 0.319 e. The molecule has 0 atom stereocenters. The molecule has 3 amide bonds. The van der Waals surface area contributed by atoms with Crippen LogP contribution < -0.4 is 20.7 Å². The molecule has 1 aliphatic rings. The first kappa shape index (κ1) is 24.3. The van der Waals surface area contributed by atoms with Crippen molar-refractivity contribution >= 4 is 40.2 Å². The van der Waals surface area contributed by atoms with Crippen LogP contribution in [0.2, 0.25) is 0 Å². The number of H-pyrrole nitrogens is 1. The minimum absolute atomic E-state index is 0.0242. The minimum atomic E-state index is -0.352.